The van der Waals surface area contributed by atoms with Gasteiger partial charge in [-0.1, -0.05) is 12.8 Å². The lowest BCUT2D eigenvalue weighted by atomic mass is 10.1. The van der Waals surface area contributed by atoms with Gasteiger partial charge in [-0.25, -0.2) is 18.1 Å². The van der Waals surface area contributed by atoms with Gasteiger partial charge in [-0.3, -0.25) is 0 Å². The van der Waals surface area contributed by atoms with Crippen molar-refractivity contribution in [3.05, 3.63) is 18.3 Å². The maximum atomic E-state index is 11.5. The summed E-state index contributed by atoms with van der Waals surface area (Å²) in [6.07, 6.45) is 6.52. The van der Waals surface area contributed by atoms with Crippen molar-refractivity contribution in [1.82, 2.24) is 9.71 Å². The number of nitrogens with one attached hydrogen (secondary N) is 2. The van der Waals surface area contributed by atoms with Gasteiger partial charge in [0, 0.05) is 12.2 Å². The van der Waals surface area contributed by atoms with Gasteiger partial charge >= 0.3 is 0 Å². The topological polar surface area (TPSA) is 71.1 Å². The lowest BCUT2D eigenvalue weighted by molar-refractivity contribution is 0.587. The molecule has 1 aromatic rings. The minimum atomic E-state index is -3.40. The highest BCUT2D eigenvalue weighted by Gasteiger charge is 2.21. The van der Waals surface area contributed by atoms with Crippen LogP contribution in [0.15, 0.2) is 23.2 Å². The van der Waals surface area contributed by atoms with Gasteiger partial charge in [0.2, 0.25) is 10.0 Å². The van der Waals surface area contributed by atoms with Crippen LogP contribution in [0.2, 0.25) is 0 Å². The molecular weight excluding hydrogens is 262 g/mol. The number of pyridine rings is 1. The quantitative estimate of drug-likeness (QED) is 0.802. The van der Waals surface area contributed by atoms with Gasteiger partial charge in [0.05, 0.1) is 0 Å². The Bertz CT molecular complexity index is 509. The van der Waals surface area contributed by atoms with E-state index >= 15 is 0 Å². The molecule has 2 rings (SSSR count). The number of sulfonamides is 1. The molecule has 1 unspecified atom stereocenters. The standard InChI is InChI=1S/C13H21N3O2S/c1-10(3-4-11-5-6-11)16-13-8-7-12(9-15-13)19(17,18)14-2/h7-11,14H,3-6H2,1-2H3,(H,15,16). The fourth-order valence-corrected chi connectivity index (χ4v) is 2.63. The number of rotatable bonds is 7. The molecule has 1 saturated carbocycles. The lowest BCUT2D eigenvalue weighted by Crippen LogP contribution is -2.19. The number of nitrogens with zero attached hydrogens (tertiary/aromatic N) is 1. The molecule has 1 aliphatic carbocycles. The Morgan fingerprint density at radius 1 is 1.42 bits per heavy atom. The molecule has 0 amide bonds. The van der Waals surface area contributed by atoms with Gasteiger partial charge in [0.15, 0.2) is 0 Å². The Morgan fingerprint density at radius 3 is 2.68 bits per heavy atom. The molecular formula is C13H21N3O2S. The summed E-state index contributed by atoms with van der Waals surface area (Å²) in [7, 11) is -2.01. The zero-order chi connectivity index (χ0) is 13.9. The normalized spacial score (nSPS) is 17.2. The number of anilines is 1. The molecule has 0 aromatic carbocycles. The molecule has 0 radical (unpaired) electrons. The van der Waals surface area contributed by atoms with E-state index in [-0.39, 0.29) is 4.90 Å². The minimum Gasteiger partial charge on any atom is -0.368 e. The Hall–Kier alpha value is -1.14. The second-order valence-electron chi connectivity index (χ2n) is 5.15. The predicted octanol–water partition coefficient (Wildman–Crippen LogP) is 1.98. The Labute approximate surface area is 114 Å². The Balaban J connectivity index is 1.90. The Morgan fingerprint density at radius 2 is 2.16 bits per heavy atom. The van der Waals surface area contributed by atoms with E-state index in [0.29, 0.717) is 6.04 Å². The zero-order valence-corrected chi connectivity index (χ0v) is 12.2. The van der Waals surface area contributed by atoms with Gasteiger partial charge < -0.3 is 5.32 Å². The van der Waals surface area contributed by atoms with Crippen LogP contribution in [0.25, 0.3) is 0 Å². The monoisotopic (exact) mass is 283 g/mol. The maximum absolute atomic E-state index is 11.5. The SMILES string of the molecule is CNS(=O)(=O)c1ccc(NC(C)CCC2CC2)nc1. The van der Waals surface area contributed by atoms with Gasteiger partial charge in [-0.05, 0) is 44.9 Å². The average molecular weight is 283 g/mol. The molecule has 1 atom stereocenters. The van der Waals surface area contributed by atoms with Gasteiger partial charge in [0.1, 0.15) is 10.7 Å². The third-order valence-corrected chi connectivity index (χ3v) is 4.81. The van der Waals surface area contributed by atoms with E-state index < -0.39 is 10.0 Å². The van der Waals surface area contributed by atoms with Crippen LogP contribution in [-0.2, 0) is 10.0 Å². The van der Waals surface area contributed by atoms with Gasteiger partial charge in [-0.2, -0.15) is 0 Å². The molecule has 0 spiro atoms. The summed E-state index contributed by atoms with van der Waals surface area (Å²) in [4.78, 5) is 4.33. The largest absolute Gasteiger partial charge is 0.368 e. The highest BCUT2D eigenvalue weighted by Crippen LogP contribution is 2.34. The molecule has 1 aromatic heterocycles. The van der Waals surface area contributed by atoms with Crippen molar-refractivity contribution in [3.8, 4) is 0 Å². The van der Waals surface area contributed by atoms with E-state index in [9.17, 15) is 8.42 Å². The summed E-state index contributed by atoms with van der Waals surface area (Å²) < 4.78 is 25.4. The summed E-state index contributed by atoms with van der Waals surface area (Å²) >= 11 is 0. The van der Waals surface area contributed by atoms with Crippen LogP contribution < -0.4 is 10.0 Å². The zero-order valence-electron chi connectivity index (χ0n) is 11.4. The second kappa shape index (κ2) is 5.88. The van der Waals surface area contributed by atoms with E-state index in [0.717, 1.165) is 18.2 Å². The van der Waals surface area contributed by atoms with E-state index in [1.807, 2.05) is 0 Å². The first kappa shape index (κ1) is 14.3. The minimum absolute atomic E-state index is 0.186. The third kappa shape index (κ3) is 4.18. The fraction of sp³-hybridized carbons (Fsp3) is 0.615. The summed E-state index contributed by atoms with van der Waals surface area (Å²) in [5, 5.41) is 3.30. The molecule has 19 heavy (non-hydrogen) atoms. The van der Waals surface area contributed by atoms with Crippen molar-refractivity contribution in [2.45, 2.75) is 43.5 Å². The van der Waals surface area contributed by atoms with Crippen molar-refractivity contribution in [2.75, 3.05) is 12.4 Å². The van der Waals surface area contributed by atoms with Crippen molar-refractivity contribution < 1.29 is 8.42 Å². The number of aromatic nitrogens is 1. The van der Waals surface area contributed by atoms with Gasteiger partial charge in [0.25, 0.3) is 0 Å². The average Bonchev–Trinajstić information content (AvgIpc) is 3.21. The van der Waals surface area contributed by atoms with Gasteiger partial charge in [-0.15, -0.1) is 0 Å². The van der Waals surface area contributed by atoms with E-state index in [1.165, 1.54) is 32.5 Å². The molecule has 0 aliphatic heterocycles. The van der Waals surface area contributed by atoms with E-state index in [4.69, 9.17) is 0 Å². The number of hydrogen-bond donors (Lipinski definition) is 2. The smallest absolute Gasteiger partial charge is 0.241 e. The molecule has 0 saturated heterocycles. The molecule has 2 N–H and O–H groups in total. The van der Waals surface area contributed by atoms with Crippen molar-refractivity contribution in [1.29, 1.82) is 0 Å². The van der Waals surface area contributed by atoms with Crippen molar-refractivity contribution in [2.24, 2.45) is 5.92 Å². The lowest BCUT2D eigenvalue weighted by Gasteiger charge is -2.14. The van der Waals surface area contributed by atoms with Crippen LogP contribution in [0, 0.1) is 5.92 Å². The predicted molar refractivity (Wildman–Crippen MR) is 75.5 cm³/mol. The fourth-order valence-electron chi connectivity index (χ4n) is 1.96. The highest BCUT2D eigenvalue weighted by molar-refractivity contribution is 7.89. The first-order chi connectivity index (χ1) is 9.01. The molecule has 1 aliphatic rings. The molecule has 6 heteroatoms. The van der Waals surface area contributed by atoms with E-state index in [2.05, 4.69) is 21.9 Å². The molecule has 5 nitrogen and oxygen atoms in total. The summed E-state index contributed by atoms with van der Waals surface area (Å²) in [5.74, 6) is 1.65. The van der Waals surface area contributed by atoms with Crippen LogP contribution in [0.5, 0.6) is 0 Å². The van der Waals surface area contributed by atoms with Crippen LogP contribution in [0.4, 0.5) is 5.82 Å². The van der Waals surface area contributed by atoms with Crippen LogP contribution in [-0.4, -0.2) is 26.5 Å². The number of hydrogen-bond acceptors (Lipinski definition) is 4. The van der Waals surface area contributed by atoms with Crippen LogP contribution >= 0.6 is 0 Å². The molecule has 0 bridgehead atoms. The van der Waals surface area contributed by atoms with Crippen molar-refractivity contribution >= 4 is 15.8 Å². The Kier molecular flexibility index (Phi) is 4.42. The summed E-state index contributed by atoms with van der Waals surface area (Å²) in [6, 6.07) is 3.63. The van der Waals surface area contributed by atoms with Crippen molar-refractivity contribution in [3.63, 3.8) is 0 Å². The second-order valence-corrected chi connectivity index (χ2v) is 7.04. The first-order valence-electron chi connectivity index (χ1n) is 6.67. The maximum Gasteiger partial charge on any atom is 0.241 e. The van der Waals surface area contributed by atoms with E-state index in [1.54, 1.807) is 12.1 Å². The molecule has 106 valence electrons. The van der Waals surface area contributed by atoms with Crippen LogP contribution in [0.3, 0.4) is 0 Å². The third-order valence-electron chi connectivity index (χ3n) is 3.41. The summed E-state index contributed by atoms with van der Waals surface area (Å²) in [5.41, 5.74) is 0. The highest BCUT2D eigenvalue weighted by atomic mass is 32.2. The van der Waals surface area contributed by atoms with Crippen LogP contribution in [0.1, 0.15) is 32.6 Å². The summed E-state index contributed by atoms with van der Waals surface area (Å²) in [6.45, 7) is 2.13. The first-order valence-corrected chi connectivity index (χ1v) is 8.15. The molecule has 1 fully saturated rings. The molecule has 1 heterocycles.